The van der Waals surface area contributed by atoms with Crippen molar-refractivity contribution in [2.75, 3.05) is 33.0 Å². The Labute approximate surface area is 103 Å². The summed E-state index contributed by atoms with van der Waals surface area (Å²) in [5, 5.41) is 11.2. The molecule has 0 aliphatic heterocycles. The minimum Gasteiger partial charge on any atom is -0.409 e. The zero-order chi connectivity index (χ0) is 13.1. The fourth-order valence-corrected chi connectivity index (χ4v) is 0.989. The van der Waals surface area contributed by atoms with Crippen LogP contribution in [0.3, 0.4) is 0 Å². The van der Waals surface area contributed by atoms with Gasteiger partial charge in [0.15, 0.2) is 5.84 Å². The highest BCUT2D eigenvalue weighted by Gasteiger charge is 2.06. The lowest BCUT2D eigenvalue weighted by Gasteiger charge is -2.11. The van der Waals surface area contributed by atoms with Gasteiger partial charge in [-0.3, -0.25) is 0 Å². The Morgan fingerprint density at radius 3 is 2.29 bits per heavy atom. The van der Waals surface area contributed by atoms with Crippen LogP contribution in [-0.4, -0.2) is 50.2 Å². The molecule has 0 radical (unpaired) electrons. The summed E-state index contributed by atoms with van der Waals surface area (Å²) in [6, 6.07) is 0. The number of nitrogens with two attached hydrogens (primary N) is 1. The maximum Gasteiger partial charge on any atom is 0.168 e. The van der Waals surface area contributed by atoms with Crippen molar-refractivity contribution < 1.29 is 19.4 Å². The molecule has 0 aromatic heterocycles. The quantitative estimate of drug-likeness (QED) is 0.196. The number of oxime groups is 1. The molecule has 0 saturated carbocycles. The van der Waals surface area contributed by atoms with Crippen molar-refractivity contribution in [1.82, 2.24) is 0 Å². The maximum atomic E-state index is 8.38. The van der Waals surface area contributed by atoms with E-state index in [1.807, 2.05) is 0 Å². The van der Waals surface area contributed by atoms with Crippen LogP contribution in [0.25, 0.3) is 0 Å². The molecular weight excluding hydrogens is 224 g/mol. The minimum absolute atomic E-state index is 0.0604. The highest BCUT2D eigenvalue weighted by atomic mass is 16.5. The van der Waals surface area contributed by atoms with Gasteiger partial charge in [-0.05, 0) is 12.8 Å². The van der Waals surface area contributed by atoms with Gasteiger partial charge >= 0.3 is 0 Å². The Kier molecular flexibility index (Phi) is 9.80. The van der Waals surface area contributed by atoms with Crippen LogP contribution in [0.5, 0.6) is 0 Å². The first-order chi connectivity index (χ1) is 8.07. The first-order valence-corrected chi connectivity index (χ1v) is 5.82. The van der Waals surface area contributed by atoms with E-state index < -0.39 is 6.10 Å². The van der Waals surface area contributed by atoms with Crippen LogP contribution in [0.1, 0.15) is 20.8 Å². The topological polar surface area (TPSA) is 86.3 Å². The molecule has 17 heavy (non-hydrogen) atoms. The van der Waals surface area contributed by atoms with Crippen LogP contribution in [-0.2, 0) is 14.2 Å². The van der Waals surface area contributed by atoms with Crippen molar-refractivity contribution in [1.29, 1.82) is 0 Å². The summed E-state index contributed by atoms with van der Waals surface area (Å²) in [6.07, 6.45) is -0.402. The van der Waals surface area contributed by atoms with Gasteiger partial charge < -0.3 is 25.2 Å². The van der Waals surface area contributed by atoms with E-state index in [9.17, 15) is 0 Å². The largest absolute Gasteiger partial charge is 0.409 e. The summed E-state index contributed by atoms with van der Waals surface area (Å²) in [4.78, 5) is 0. The second kappa shape index (κ2) is 10.3. The van der Waals surface area contributed by atoms with Crippen LogP contribution in [0.4, 0.5) is 0 Å². The number of rotatable bonds is 10. The average molecular weight is 248 g/mol. The fourth-order valence-electron chi connectivity index (χ4n) is 0.989. The van der Waals surface area contributed by atoms with E-state index in [-0.39, 0.29) is 5.84 Å². The third-order valence-electron chi connectivity index (χ3n) is 1.95. The fraction of sp³-hybridized carbons (Fsp3) is 0.909. The minimum atomic E-state index is -0.402. The summed E-state index contributed by atoms with van der Waals surface area (Å²) in [6.45, 7) is 8.67. The van der Waals surface area contributed by atoms with Gasteiger partial charge in [-0.25, -0.2) is 0 Å². The maximum absolute atomic E-state index is 8.38. The van der Waals surface area contributed by atoms with Gasteiger partial charge in [-0.1, -0.05) is 19.0 Å². The molecule has 0 aliphatic rings. The van der Waals surface area contributed by atoms with E-state index in [1.54, 1.807) is 6.92 Å². The molecule has 102 valence electrons. The molecule has 0 aromatic carbocycles. The van der Waals surface area contributed by atoms with Gasteiger partial charge in [0.25, 0.3) is 0 Å². The third kappa shape index (κ3) is 10.0. The molecule has 0 aromatic rings. The molecule has 0 spiro atoms. The molecule has 1 atom stereocenters. The summed E-state index contributed by atoms with van der Waals surface area (Å²) in [5.74, 6) is 0.602. The van der Waals surface area contributed by atoms with Crippen molar-refractivity contribution in [2.45, 2.75) is 26.9 Å². The lowest BCUT2D eigenvalue weighted by molar-refractivity contribution is 0.00332. The smallest absolute Gasteiger partial charge is 0.168 e. The standard InChI is InChI=1S/C11H24N2O4/c1-9(2)8-16-5-4-15-6-7-17-10(3)11(12)13-14/h9-10,14H,4-8H2,1-3H3,(H2,12,13). The summed E-state index contributed by atoms with van der Waals surface area (Å²) >= 11 is 0. The number of ether oxygens (including phenoxy) is 3. The Morgan fingerprint density at radius 1 is 1.12 bits per heavy atom. The number of amidine groups is 1. The monoisotopic (exact) mass is 248 g/mol. The molecule has 0 heterocycles. The second-order valence-electron chi connectivity index (χ2n) is 4.12. The van der Waals surface area contributed by atoms with Crippen molar-refractivity contribution >= 4 is 5.84 Å². The van der Waals surface area contributed by atoms with Gasteiger partial charge in [0, 0.05) is 6.61 Å². The van der Waals surface area contributed by atoms with E-state index in [2.05, 4.69) is 19.0 Å². The molecule has 0 aliphatic carbocycles. The predicted octanol–water partition coefficient (Wildman–Crippen LogP) is 0.827. The summed E-state index contributed by atoms with van der Waals surface area (Å²) < 4.78 is 15.9. The molecule has 3 N–H and O–H groups in total. The molecule has 6 heteroatoms. The molecule has 6 nitrogen and oxygen atoms in total. The lowest BCUT2D eigenvalue weighted by Crippen LogP contribution is -2.29. The highest BCUT2D eigenvalue weighted by molar-refractivity contribution is 5.83. The van der Waals surface area contributed by atoms with Crippen LogP contribution in [0.15, 0.2) is 5.16 Å². The van der Waals surface area contributed by atoms with E-state index in [0.717, 1.165) is 6.61 Å². The molecule has 0 saturated heterocycles. The Morgan fingerprint density at radius 2 is 1.71 bits per heavy atom. The Hall–Kier alpha value is -0.850. The molecule has 0 rings (SSSR count). The Balaban J connectivity index is 3.24. The van der Waals surface area contributed by atoms with E-state index in [0.29, 0.717) is 32.3 Å². The lowest BCUT2D eigenvalue weighted by atomic mass is 10.2. The number of nitrogens with zero attached hydrogens (tertiary/aromatic N) is 1. The summed E-state index contributed by atoms with van der Waals surface area (Å²) in [7, 11) is 0. The van der Waals surface area contributed by atoms with Gasteiger partial charge in [-0.15, -0.1) is 0 Å². The highest BCUT2D eigenvalue weighted by Crippen LogP contribution is 1.93. The average Bonchev–Trinajstić information content (AvgIpc) is 2.30. The summed E-state index contributed by atoms with van der Waals surface area (Å²) in [5.41, 5.74) is 5.34. The third-order valence-corrected chi connectivity index (χ3v) is 1.95. The van der Waals surface area contributed by atoms with Crippen molar-refractivity contribution in [3.63, 3.8) is 0 Å². The molecule has 0 fully saturated rings. The van der Waals surface area contributed by atoms with Crippen molar-refractivity contribution in [3.05, 3.63) is 0 Å². The zero-order valence-electron chi connectivity index (χ0n) is 10.9. The van der Waals surface area contributed by atoms with Crippen molar-refractivity contribution in [3.8, 4) is 0 Å². The molecule has 0 bridgehead atoms. The van der Waals surface area contributed by atoms with Crippen LogP contribution >= 0.6 is 0 Å². The Bertz CT molecular complexity index is 210. The van der Waals surface area contributed by atoms with E-state index in [4.69, 9.17) is 25.2 Å². The molecule has 0 amide bonds. The van der Waals surface area contributed by atoms with Crippen molar-refractivity contribution in [2.24, 2.45) is 16.8 Å². The van der Waals surface area contributed by atoms with Gasteiger partial charge in [0.1, 0.15) is 6.10 Å². The molecular formula is C11H24N2O4. The van der Waals surface area contributed by atoms with Gasteiger partial charge in [0.2, 0.25) is 0 Å². The van der Waals surface area contributed by atoms with Gasteiger partial charge in [-0.2, -0.15) is 0 Å². The second-order valence-corrected chi connectivity index (χ2v) is 4.12. The first-order valence-electron chi connectivity index (χ1n) is 5.82. The van der Waals surface area contributed by atoms with Gasteiger partial charge in [0.05, 0.1) is 26.4 Å². The van der Waals surface area contributed by atoms with Crippen LogP contribution in [0.2, 0.25) is 0 Å². The van der Waals surface area contributed by atoms with E-state index in [1.165, 1.54) is 0 Å². The number of hydrogen-bond donors (Lipinski definition) is 2. The van der Waals surface area contributed by atoms with Crippen LogP contribution in [0, 0.1) is 5.92 Å². The number of hydrogen-bond acceptors (Lipinski definition) is 5. The predicted molar refractivity (Wildman–Crippen MR) is 65.3 cm³/mol. The SMILES string of the molecule is CC(C)COCCOCCOC(C)C(N)=NO. The van der Waals surface area contributed by atoms with Crippen LogP contribution < -0.4 is 5.73 Å². The molecule has 1 unspecified atom stereocenters. The zero-order valence-corrected chi connectivity index (χ0v) is 10.9. The van der Waals surface area contributed by atoms with E-state index >= 15 is 0 Å². The normalized spacial score (nSPS) is 14.2. The first kappa shape index (κ1) is 16.1.